The number of likely N-dealkylation sites (tertiary alicyclic amines) is 1. The summed E-state index contributed by atoms with van der Waals surface area (Å²) in [5.74, 6) is 1.83. The Labute approximate surface area is 106 Å². The quantitative estimate of drug-likeness (QED) is 0.631. The van der Waals surface area contributed by atoms with Crippen molar-refractivity contribution in [2.24, 2.45) is 5.92 Å². The second-order valence-corrected chi connectivity index (χ2v) is 5.13. The highest BCUT2D eigenvalue weighted by atomic mass is 15.2. The molecule has 7 nitrogen and oxygen atoms in total. The van der Waals surface area contributed by atoms with Crippen LogP contribution in [0, 0.1) is 5.92 Å². The van der Waals surface area contributed by atoms with E-state index >= 15 is 0 Å². The van der Waals surface area contributed by atoms with E-state index in [1.54, 1.807) is 0 Å². The summed E-state index contributed by atoms with van der Waals surface area (Å²) in [6, 6.07) is 0.621. The van der Waals surface area contributed by atoms with Crippen LogP contribution in [-0.4, -0.2) is 45.5 Å². The van der Waals surface area contributed by atoms with Crippen molar-refractivity contribution in [1.82, 2.24) is 25.2 Å². The van der Waals surface area contributed by atoms with Crippen molar-refractivity contribution in [3.63, 3.8) is 0 Å². The van der Waals surface area contributed by atoms with Crippen molar-refractivity contribution < 1.29 is 0 Å². The molecule has 0 aliphatic carbocycles. The van der Waals surface area contributed by atoms with Crippen LogP contribution in [0.3, 0.4) is 0 Å². The van der Waals surface area contributed by atoms with E-state index in [9.17, 15) is 0 Å². The summed E-state index contributed by atoms with van der Waals surface area (Å²) in [7, 11) is 0. The molecule has 5 N–H and O–H groups in total. The Hall–Kier alpha value is -1.47. The van der Waals surface area contributed by atoms with Crippen molar-refractivity contribution in [2.75, 3.05) is 31.1 Å². The lowest BCUT2D eigenvalue weighted by atomic mass is 9.94. The van der Waals surface area contributed by atoms with Crippen LogP contribution in [0.1, 0.15) is 18.7 Å². The van der Waals surface area contributed by atoms with Gasteiger partial charge in [-0.2, -0.15) is 15.0 Å². The van der Waals surface area contributed by atoms with Gasteiger partial charge in [-0.1, -0.05) is 0 Å². The fourth-order valence-corrected chi connectivity index (χ4v) is 2.99. The monoisotopic (exact) mass is 249 g/mol. The normalized spacial score (nSPS) is 28.2. The minimum absolute atomic E-state index is 0.201. The number of rotatable bonds is 2. The number of hydrogen-bond acceptors (Lipinski definition) is 7. The highest BCUT2D eigenvalue weighted by Crippen LogP contribution is 2.25. The van der Waals surface area contributed by atoms with Crippen LogP contribution in [0.4, 0.5) is 11.9 Å². The van der Waals surface area contributed by atoms with Crippen LogP contribution in [-0.2, 0) is 6.54 Å². The minimum atomic E-state index is 0.201. The van der Waals surface area contributed by atoms with Crippen molar-refractivity contribution >= 4 is 11.9 Å². The molecule has 18 heavy (non-hydrogen) atoms. The Morgan fingerprint density at radius 3 is 2.67 bits per heavy atom. The number of piperidine rings is 1. The standard InChI is InChI=1S/C11H19N7/c12-10-15-9(16-11(13)17-10)6-18-4-7-2-1-3-14-8(7)5-18/h7-8,14H,1-6H2,(H4,12,13,15,16,17)/t7-,8+/m0/s1. The predicted molar refractivity (Wildman–Crippen MR) is 68.4 cm³/mol. The highest BCUT2D eigenvalue weighted by molar-refractivity contribution is 5.25. The van der Waals surface area contributed by atoms with Crippen molar-refractivity contribution in [2.45, 2.75) is 25.4 Å². The molecule has 1 aromatic rings. The van der Waals surface area contributed by atoms with Gasteiger partial charge in [0.2, 0.25) is 11.9 Å². The van der Waals surface area contributed by atoms with Gasteiger partial charge < -0.3 is 16.8 Å². The SMILES string of the molecule is Nc1nc(N)nc(CN2C[C@@H]3CCCN[C@@H]3C2)n1. The Balaban J connectivity index is 1.66. The molecular formula is C11H19N7. The summed E-state index contributed by atoms with van der Waals surface area (Å²) in [6.07, 6.45) is 2.59. The van der Waals surface area contributed by atoms with Crippen LogP contribution in [0.25, 0.3) is 0 Å². The van der Waals surface area contributed by atoms with Gasteiger partial charge in [-0.25, -0.2) is 0 Å². The van der Waals surface area contributed by atoms with Gasteiger partial charge in [0.15, 0.2) is 0 Å². The molecule has 0 bridgehead atoms. The summed E-state index contributed by atoms with van der Waals surface area (Å²) in [4.78, 5) is 14.4. The number of hydrogen-bond donors (Lipinski definition) is 3. The first-order valence-electron chi connectivity index (χ1n) is 6.42. The third-order valence-electron chi connectivity index (χ3n) is 3.76. The van der Waals surface area contributed by atoms with Crippen LogP contribution in [0.2, 0.25) is 0 Å². The molecule has 2 atom stereocenters. The van der Waals surface area contributed by atoms with Gasteiger partial charge in [-0.05, 0) is 25.3 Å². The third-order valence-corrected chi connectivity index (χ3v) is 3.76. The lowest BCUT2D eigenvalue weighted by Gasteiger charge is -2.24. The van der Waals surface area contributed by atoms with Crippen LogP contribution in [0.15, 0.2) is 0 Å². The number of anilines is 2. The molecule has 3 rings (SSSR count). The Bertz CT molecular complexity index is 401. The summed E-state index contributed by atoms with van der Waals surface area (Å²) in [5.41, 5.74) is 11.2. The Morgan fingerprint density at radius 1 is 1.17 bits per heavy atom. The van der Waals surface area contributed by atoms with Crippen LogP contribution in [0.5, 0.6) is 0 Å². The fourth-order valence-electron chi connectivity index (χ4n) is 2.99. The maximum absolute atomic E-state index is 5.58. The average molecular weight is 249 g/mol. The maximum atomic E-state index is 5.58. The zero-order valence-corrected chi connectivity index (χ0v) is 10.3. The summed E-state index contributed by atoms with van der Waals surface area (Å²) < 4.78 is 0. The lowest BCUT2D eigenvalue weighted by molar-refractivity contribution is 0.305. The molecule has 3 heterocycles. The molecule has 0 spiro atoms. The largest absolute Gasteiger partial charge is 0.368 e. The van der Waals surface area contributed by atoms with E-state index in [0.717, 1.165) is 25.6 Å². The molecule has 2 aliphatic heterocycles. The van der Waals surface area contributed by atoms with Gasteiger partial charge in [-0.3, -0.25) is 4.90 Å². The van der Waals surface area contributed by atoms with Crippen molar-refractivity contribution in [1.29, 1.82) is 0 Å². The van der Waals surface area contributed by atoms with Gasteiger partial charge >= 0.3 is 0 Å². The average Bonchev–Trinajstić information content (AvgIpc) is 2.69. The fraction of sp³-hybridized carbons (Fsp3) is 0.727. The summed E-state index contributed by atoms with van der Waals surface area (Å²) in [6.45, 7) is 3.99. The van der Waals surface area contributed by atoms with E-state index in [0.29, 0.717) is 18.4 Å². The molecular weight excluding hydrogens is 230 g/mol. The molecule has 0 unspecified atom stereocenters. The Kier molecular flexibility index (Phi) is 3.00. The molecule has 1 aromatic heterocycles. The Morgan fingerprint density at radius 2 is 1.94 bits per heavy atom. The number of nitrogens with two attached hydrogens (primary N) is 2. The second kappa shape index (κ2) is 4.66. The molecule has 0 radical (unpaired) electrons. The van der Waals surface area contributed by atoms with Crippen LogP contribution < -0.4 is 16.8 Å². The van der Waals surface area contributed by atoms with Gasteiger partial charge in [0.25, 0.3) is 0 Å². The molecule has 0 amide bonds. The molecule has 7 heteroatoms. The lowest BCUT2D eigenvalue weighted by Crippen LogP contribution is -2.40. The zero-order valence-electron chi connectivity index (χ0n) is 10.3. The topological polar surface area (TPSA) is 106 Å². The smallest absolute Gasteiger partial charge is 0.225 e. The number of nitrogen functional groups attached to an aromatic ring is 2. The highest BCUT2D eigenvalue weighted by Gasteiger charge is 2.34. The summed E-state index contributed by atoms with van der Waals surface area (Å²) >= 11 is 0. The molecule has 2 fully saturated rings. The van der Waals surface area contributed by atoms with E-state index < -0.39 is 0 Å². The van der Waals surface area contributed by atoms with E-state index in [-0.39, 0.29) is 11.9 Å². The van der Waals surface area contributed by atoms with Gasteiger partial charge in [0.05, 0.1) is 6.54 Å². The number of nitrogens with zero attached hydrogens (tertiary/aromatic N) is 4. The number of fused-ring (bicyclic) bond motifs is 1. The van der Waals surface area contributed by atoms with Crippen LogP contribution >= 0.6 is 0 Å². The van der Waals surface area contributed by atoms with E-state index in [1.807, 2.05) is 0 Å². The second-order valence-electron chi connectivity index (χ2n) is 5.13. The first-order valence-corrected chi connectivity index (χ1v) is 6.42. The van der Waals surface area contributed by atoms with E-state index in [1.165, 1.54) is 12.8 Å². The minimum Gasteiger partial charge on any atom is -0.368 e. The molecule has 2 saturated heterocycles. The number of aromatic nitrogens is 3. The first-order chi connectivity index (χ1) is 8.70. The molecule has 2 aliphatic rings. The van der Waals surface area contributed by atoms with Gasteiger partial charge in [-0.15, -0.1) is 0 Å². The van der Waals surface area contributed by atoms with Gasteiger partial charge in [0.1, 0.15) is 5.82 Å². The molecule has 98 valence electrons. The van der Waals surface area contributed by atoms with Crippen molar-refractivity contribution in [3.05, 3.63) is 5.82 Å². The summed E-state index contributed by atoms with van der Waals surface area (Å²) in [5, 5.41) is 3.58. The third kappa shape index (κ3) is 2.37. The van der Waals surface area contributed by atoms with E-state index in [2.05, 4.69) is 25.2 Å². The van der Waals surface area contributed by atoms with Gasteiger partial charge in [0, 0.05) is 19.1 Å². The first kappa shape index (κ1) is 11.6. The molecule has 0 aromatic carbocycles. The van der Waals surface area contributed by atoms with E-state index in [4.69, 9.17) is 11.5 Å². The molecule has 0 saturated carbocycles. The number of nitrogens with one attached hydrogen (secondary N) is 1. The predicted octanol–water partition coefficient (Wildman–Crippen LogP) is -0.780. The van der Waals surface area contributed by atoms with Crippen molar-refractivity contribution in [3.8, 4) is 0 Å². The maximum Gasteiger partial charge on any atom is 0.225 e. The zero-order chi connectivity index (χ0) is 12.5.